The third kappa shape index (κ3) is 8.33. The maximum Gasteiger partial charge on any atom is 0.272 e. The van der Waals surface area contributed by atoms with Crippen LogP contribution >= 0.6 is 23.4 Å². The Labute approximate surface area is 242 Å². The van der Waals surface area contributed by atoms with Crippen LogP contribution in [0.5, 0.6) is 0 Å². The molecule has 0 aliphatic heterocycles. The fraction of sp³-hybridized carbons (Fsp3) is 0.0938. The van der Waals surface area contributed by atoms with Crippen molar-refractivity contribution < 1.29 is 14.4 Å². The van der Waals surface area contributed by atoms with Crippen molar-refractivity contribution in [1.29, 1.82) is 0 Å². The van der Waals surface area contributed by atoms with E-state index in [0.717, 1.165) is 10.5 Å². The van der Waals surface area contributed by atoms with Gasteiger partial charge >= 0.3 is 0 Å². The summed E-state index contributed by atoms with van der Waals surface area (Å²) in [5.41, 5.74) is 2.52. The number of hydrogen-bond donors (Lipinski definition) is 3. The maximum atomic E-state index is 13.3. The molecular formula is C32H28ClN3O3S. The van der Waals surface area contributed by atoms with Crippen LogP contribution in [-0.4, -0.2) is 23.0 Å². The van der Waals surface area contributed by atoms with Crippen molar-refractivity contribution in [2.75, 3.05) is 10.6 Å². The number of carbonyl (C=O) groups excluding carboxylic acids is 3. The molecule has 4 aromatic carbocycles. The second-order valence-corrected chi connectivity index (χ2v) is 10.5. The lowest BCUT2D eigenvalue weighted by Gasteiger charge is -2.16. The van der Waals surface area contributed by atoms with Crippen molar-refractivity contribution in [3.8, 4) is 0 Å². The topological polar surface area (TPSA) is 87.3 Å². The van der Waals surface area contributed by atoms with Gasteiger partial charge in [0, 0.05) is 26.9 Å². The number of carbonyl (C=O) groups is 3. The second kappa shape index (κ2) is 14.2. The maximum absolute atomic E-state index is 13.3. The van der Waals surface area contributed by atoms with Crippen molar-refractivity contribution >= 4 is 58.5 Å². The Bertz CT molecular complexity index is 1490. The zero-order valence-electron chi connectivity index (χ0n) is 21.8. The van der Waals surface area contributed by atoms with E-state index < -0.39 is 5.91 Å². The average molecular weight is 570 g/mol. The zero-order valence-corrected chi connectivity index (χ0v) is 23.3. The summed E-state index contributed by atoms with van der Waals surface area (Å²) in [6.07, 6.45) is 2.24. The first-order valence-electron chi connectivity index (χ1n) is 12.7. The van der Waals surface area contributed by atoms with E-state index in [9.17, 15) is 14.4 Å². The van der Waals surface area contributed by atoms with E-state index in [-0.39, 0.29) is 22.8 Å². The molecule has 0 radical (unpaired) electrons. The van der Waals surface area contributed by atoms with Crippen molar-refractivity contribution in [1.82, 2.24) is 5.32 Å². The highest BCUT2D eigenvalue weighted by Gasteiger charge is 2.19. The van der Waals surface area contributed by atoms with Crippen LogP contribution in [0.2, 0.25) is 5.02 Å². The molecule has 4 rings (SSSR count). The minimum Gasteiger partial charge on any atom is -0.325 e. The largest absolute Gasteiger partial charge is 0.325 e. The summed E-state index contributed by atoms with van der Waals surface area (Å²) in [4.78, 5) is 39.9. The predicted octanol–water partition coefficient (Wildman–Crippen LogP) is 7.26. The SMILES string of the molecule is CCC(Sc1cccc(NC(=O)/C(=C/c2ccccc2)NC(=O)c2ccccc2)c1)C(=O)Nc1ccc(Cl)cc1. The first-order valence-corrected chi connectivity index (χ1v) is 13.9. The highest BCUT2D eigenvalue weighted by molar-refractivity contribution is 8.00. The quantitative estimate of drug-likeness (QED) is 0.138. The number of benzene rings is 4. The lowest BCUT2D eigenvalue weighted by atomic mass is 10.1. The molecular weight excluding hydrogens is 542 g/mol. The molecule has 4 aromatic rings. The number of nitrogens with one attached hydrogen (secondary N) is 3. The molecule has 0 fully saturated rings. The Morgan fingerprint density at radius 3 is 2.15 bits per heavy atom. The Balaban J connectivity index is 1.48. The van der Waals surface area contributed by atoms with Crippen LogP contribution < -0.4 is 16.0 Å². The summed E-state index contributed by atoms with van der Waals surface area (Å²) in [5, 5.41) is 8.79. The monoisotopic (exact) mass is 569 g/mol. The van der Waals surface area contributed by atoms with Crippen molar-refractivity contribution in [2.45, 2.75) is 23.5 Å². The molecule has 0 spiro atoms. The lowest BCUT2D eigenvalue weighted by molar-refractivity contribution is -0.116. The van der Waals surface area contributed by atoms with Crippen molar-refractivity contribution in [3.63, 3.8) is 0 Å². The number of thioether (sulfide) groups is 1. The average Bonchev–Trinajstić information content (AvgIpc) is 2.98. The van der Waals surface area contributed by atoms with Gasteiger partial charge in [-0.25, -0.2) is 0 Å². The lowest BCUT2D eigenvalue weighted by Crippen LogP contribution is -2.30. The molecule has 0 aliphatic carbocycles. The molecule has 1 atom stereocenters. The van der Waals surface area contributed by atoms with Gasteiger partial charge in [0.2, 0.25) is 5.91 Å². The van der Waals surface area contributed by atoms with E-state index in [1.54, 1.807) is 66.7 Å². The highest BCUT2D eigenvalue weighted by Crippen LogP contribution is 2.29. The predicted molar refractivity (Wildman–Crippen MR) is 163 cm³/mol. The summed E-state index contributed by atoms with van der Waals surface area (Å²) < 4.78 is 0. The molecule has 8 heteroatoms. The molecule has 0 aliphatic rings. The van der Waals surface area contributed by atoms with Gasteiger partial charge in [0.1, 0.15) is 5.70 Å². The van der Waals surface area contributed by atoms with Gasteiger partial charge in [-0.1, -0.05) is 73.1 Å². The molecule has 3 amide bonds. The van der Waals surface area contributed by atoms with E-state index in [0.29, 0.717) is 28.4 Å². The van der Waals surface area contributed by atoms with Crippen LogP contribution in [0.15, 0.2) is 120 Å². The Hall–Kier alpha value is -4.33. The van der Waals surface area contributed by atoms with Crippen LogP contribution in [0.1, 0.15) is 29.3 Å². The fourth-order valence-electron chi connectivity index (χ4n) is 3.75. The van der Waals surface area contributed by atoms with Crippen LogP contribution in [0.4, 0.5) is 11.4 Å². The molecule has 0 heterocycles. The molecule has 3 N–H and O–H groups in total. The van der Waals surface area contributed by atoms with Gasteiger partial charge in [-0.05, 0) is 72.7 Å². The minimum atomic E-state index is -0.470. The van der Waals surface area contributed by atoms with Gasteiger partial charge < -0.3 is 16.0 Å². The third-order valence-electron chi connectivity index (χ3n) is 5.78. The first-order chi connectivity index (χ1) is 19.4. The van der Waals surface area contributed by atoms with Gasteiger partial charge in [-0.3, -0.25) is 14.4 Å². The summed E-state index contributed by atoms with van der Waals surface area (Å²) in [6, 6.07) is 32.2. The van der Waals surface area contributed by atoms with Crippen LogP contribution in [0, 0.1) is 0 Å². The molecule has 0 saturated carbocycles. The second-order valence-electron chi connectivity index (χ2n) is 8.78. The molecule has 1 unspecified atom stereocenters. The molecule has 0 aromatic heterocycles. The standard InChI is InChI=1S/C32H28ClN3O3S/c1-2-29(32(39)34-25-18-16-24(33)17-19-25)40-27-15-9-14-26(21-27)35-31(38)28(20-22-10-5-3-6-11-22)36-30(37)23-12-7-4-8-13-23/h3-21,29H,2H2,1H3,(H,34,39)(H,35,38)(H,36,37)/b28-20-. The zero-order chi connectivity index (χ0) is 28.3. The van der Waals surface area contributed by atoms with Gasteiger partial charge in [-0.15, -0.1) is 11.8 Å². The smallest absolute Gasteiger partial charge is 0.272 e. The van der Waals surface area contributed by atoms with Crippen LogP contribution in [0.25, 0.3) is 6.08 Å². The van der Waals surface area contributed by atoms with Crippen molar-refractivity contribution in [2.24, 2.45) is 0 Å². The molecule has 0 saturated heterocycles. The van der Waals surface area contributed by atoms with Crippen LogP contribution in [-0.2, 0) is 9.59 Å². The van der Waals surface area contributed by atoms with Gasteiger partial charge in [0.05, 0.1) is 5.25 Å². The summed E-state index contributed by atoms with van der Waals surface area (Å²) in [7, 11) is 0. The minimum absolute atomic E-state index is 0.104. The first kappa shape index (κ1) is 28.7. The van der Waals surface area contributed by atoms with Gasteiger partial charge in [0.15, 0.2) is 0 Å². The summed E-state index contributed by atoms with van der Waals surface area (Å²) >= 11 is 7.34. The Kier molecular flexibility index (Phi) is 10.2. The summed E-state index contributed by atoms with van der Waals surface area (Å²) in [6.45, 7) is 1.95. The Morgan fingerprint density at radius 2 is 1.48 bits per heavy atom. The van der Waals surface area contributed by atoms with Crippen molar-refractivity contribution in [3.05, 3.63) is 131 Å². The molecule has 40 heavy (non-hydrogen) atoms. The molecule has 202 valence electrons. The Morgan fingerprint density at radius 1 is 0.800 bits per heavy atom. The molecule has 6 nitrogen and oxygen atoms in total. The number of halogens is 1. The number of amides is 3. The van der Waals surface area contributed by atoms with Gasteiger partial charge in [-0.2, -0.15) is 0 Å². The van der Waals surface area contributed by atoms with E-state index in [2.05, 4.69) is 16.0 Å². The van der Waals surface area contributed by atoms with Gasteiger partial charge in [0.25, 0.3) is 11.8 Å². The van der Waals surface area contributed by atoms with E-state index in [1.165, 1.54) is 11.8 Å². The van der Waals surface area contributed by atoms with Crippen LogP contribution in [0.3, 0.4) is 0 Å². The number of hydrogen-bond acceptors (Lipinski definition) is 4. The van der Waals surface area contributed by atoms with E-state index >= 15 is 0 Å². The fourth-order valence-corrected chi connectivity index (χ4v) is 4.89. The van der Waals surface area contributed by atoms with E-state index in [1.807, 2.05) is 55.5 Å². The number of anilines is 2. The normalized spacial score (nSPS) is 11.8. The summed E-state index contributed by atoms with van der Waals surface area (Å²) in [5.74, 6) is -0.983. The highest BCUT2D eigenvalue weighted by atomic mass is 35.5. The van der Waals surface area contributed by atoms with E-state index in [4.69, 9.17) is 11.6 Å². The molecule has 0 bridgehead atoms. The number of rotatable bonds is 10. The third-order valence-corrected chi connectivity index (χ3v) is 7.39.